The first kappa shape index (κ1) is 20.6. The summed E-state index contributed by atoms with van der Waals surface area (Å²) in [5, 5.41) is 2.55. The zero-order valence-electron chi connectivity index (χ0n) is 16.2. The minimum Gasteiger partial charge on any atom is -0.465 e. The van der Waals surface area contributed by atoms with Crippen molar-refractivity contribution in [3.05, 3.63) is 95.6 Å². The molecular formula is C23H19NO6. The normalized spacial score (nSPS) is 10.0. The number of methoxy groups -OCH3 is 1. The number of carbonyl (C=O) groups excluding carboxylic acids is 3. The van der Waals surface area contributed by atoms with Gasteiger partial charge in [-0.15, -0.1) is 0 Å². The first-order valence-electron chi connectivity index (χ1n) is 9.04. The molecule has 0 fully saturated rings. The second-order valence-corrected chi connectivity index (χ2v) is 6.14. The van der Waals surface area contributed by atoms with Gasteiger partial charge in [-0.1, -0.05) is 48.5 Å². The third-order valence-electron chi connectivity index (χ3n) is 4.06. The molecule has 0 aliphatic carbocycles. The van der Waals surface area contributed by atoms with Gasteiger partial charge in [0.05, 0.1) is 12.7 Å². The van der Waals surface area contributed by atoms with Gasteiger partial charge in [0.1, 0.15) is 17.9 Å². The molecule has 30 heavy (non-hydrogen) atoms. The summed E-state index contributed by atoms with van der Waals surface area (Å²) >= 11 is 0. The Balaban J connectivity index is 1.74. The van der Waals surface area contributed by atoms with E-state index in [9.17, 15) is 14.4 Å². The lowest BCUT2D eigenvalue weighted by atomic mass is 10.1. The molecule has 0 saturated carbocycles. The summed E-state index contributed by atoms with van der Waals surface area (Å²) in [5.74, 6) is -1.37. The fraction of sp³-hybridized carbons (Fsp3) is 0.0870. The lowest BCUT2D eigenvalue weighted by Crippen LogP contribution is -2.15. The van der Waals surface area contributed by atoms with Crippen LogP contribution in [0.2, 0.25) is 0 Å². The van der Waals surface area contributed by atoms with Gasteiger partial charge in [0.25, 0.3) is 0 Å². The van der Waals surface area contributed by atoms with Crippen molar-refractivity contribution >= 4 is 23.7 Å². The molecule has 3 rings (SSSR count). The van der Waals surface area contributed by atoms with Crippen molar-refractivity contribution in [1.82, 2.24) is 0 Å². The van der Waals surface area contributed by atoms with Crippen molar-refractivity contribution in [2.45, 2.75) is 6.61 Å². The summed E-state index contributed by atoms with van der Waals surface area (Å²) < 4.78 is 15.3. The largest absolute Gasteiger partial charge is 0.465 e. The Kier molecular flexibility index (Phi) is 6.78. The number of hydrogen-bond donors (Lipinski definition) is 1. The lowest BCUT2D eigenvalue weighted by Gasteiger charge is -2.12. The Morgan fingerprint density at radius 1 is 0.833 bits per heavy atom. The summed E-state index contributed by atoms with van der Waals surface area (Å²) in [5.41, 5.74) is 1.49. The molecule has 7 heteroatoms. The second-order valence-electron chi connectivity index (χ2n) is 6.14. The van der Waals surface area contributed by atoms with Crippen LogP contribution in [-0.2, 0) is 16.1 Å². The molecule has 0 radical (unpaired) electrons. The van der Waals surface area contributed by atoms with Crippen molar-refractivity contribution in [2.24, 2.45) is 0 Å². The number of ether oxygens (including phenoxy) is 3. The maximum atomic E-state index is 12.4. The van der Waals surface area contributed by atoms with Gasteiger partial charge in [0, 0.05) is 11.8 Å². The van der Waals surface area contributed by atoms with Gasteiger partial charge in [0.15, 0.2) is 0 Å². The molecule has 152 valence electrons. The topological polar surface area (TPSA) is 90.9 Å². The minimum atomic E-state index is -0.690. The van der Waals surface area contributed by atoms with E-state index in [0.717, 1.165) is 5.56 Å². The second kappa shape index (κ2) is 9.88. The number of benzene rings is 3. The van der Waals surface area contributed by atoms with E-state index in [1.807, 2.05) is 30.3 Å². The highest BCUT2D eigenvalue weighted by Crippen LogP contribution is 2.25. The highest BCUT2D eigenvalue weighted by atomic mass is 16.6. The molecule has 3 aromatic carbocycles. The van der Waals surface area contributed by atoms with Gasteiger partial charge >= 0.3 is 18.0 Å². The molecule has 0 unspecified atom stereocenters. The van der Waals surface area contributed by atoms with Crippen molar-refractivity contribution in [1.29, 1.82) is 0 Å². The van der Waals surface area contributed by atoms with Crippen molar-refractivity contribution in [2.75, 3.05) is 12.4 Å². The van der Waals surface area contributed by atoms with E-state index < -0.39 is 18.0 Å². The molecule has 0 aliphatic heterocycles. The molecule has 1 amide bonds. The molecule has 0 heterocycles. The number of esters is 2. The van der Waals surface area contributed by atoms with Crippen LogP contribution >= 0.6 is 0 Å². The van der Waals surface area contributed by atoms with E-state index in [1.165, 1.54) is 25.3 Å². The Labute approximate surface area is 173 Å². The molecule has 7 nitrogen and oxygen atoms in total. The van der Waals surface area contributed by atoms with Crippen molar-refractivity contribution < 1.29 is 28.6 Å². The molecule has 0 bridgehead atoms. The van der Waals surface area contributed by atoms with Crippen LogP contribution in [0.25, 0.3) is 0 Å². The number of rotatable bonds is 6. The number of carbonyl (C=O) groups is 3. The average Bonchev–Trinajstić information content (AvgIpc) is 2.78. The molecule has 1 N–H and O–H groups in total. The third kappa shape index (κ3) is 5.45. The van der Waals surface area contributed by atoms with Crippen LogP contribution in [0.1, 0.15) is 26.3 Å². The fourth-order valence-corrected chi connectivity index (χ4v) is 2.57. The molecular weight excluding hydrogens is 386 g/mol. The highest BCUT2D eigenvalue weighted by molar-refractivity contribution is 5.97. The van der Waals surface area contributed by atoms with Crippen LogP contribution in [0, 0.1) is 0 Å². The molecule has 0 aliphatic rings. The van der Waals surface area contributed by atoms with Gasteiger partial charge in [0.2, 0.25) is 0 Å². The van der Waals surface area contributed by atoms with E-state index >= 15 is 0 Å². The molecule has 0 saturated heterocycles. The summed E-state index contributed by atoms with van der Waals surface area (Å²) in [7, 11) is 1.22. The predicted molar refractivity (Wildman–Crippen MR) is 109 cm³/mol. The van der Waals surface area contributed by atoms with Gasteiger partial charge < -0.3 is 14.2 Å². The highest BCUT2D eigenvalue weighted by Gasteiger charge is 2.18. The average molecular weight is 405 g/mol. The smallest absolute Gasteiger partial charge is 0.411 e. The van der Waals surface area contributed by atoms with Crippen molar-refractivity contribution in [3.8, 4) is 5.75 Å². The van der Waals surface area contributed by atoms with Gasteiger partial charge in [-0.25, -0.2) is 14.4 Å². The Morgan fingerprint density at radius 2 is 1.50 bits per heavy atom. The standard InChI is InChI=1S/C23H19NO6/c1-28-22(26)19-13-12-18(24-23(27)29-15-16-8-4-2-5-9-16)14-20(19)30-21(25)17-10-6-3-7-11-17/h2-14H,15H2,1H3,(H,24,27). The van der Waals surface area contributed by atoms with E-state index in [0.29, 0.717) is 5.56 Å². The molecule has 0 atom stereocenters. The number of amides is 1. The lowest BCUT2D eigenvalue weighted by molar-refractivity contribution is 0.0593. The third-order valence-corrected chi connectivity index (χ3v) is 4.06. The minimum absolute atomic E-state index is 0.0448. The summed E-state index contributed by atoms with van der Waals surface area (Å²) in [6.07, 6.45) is -0.690. The molecule has 3 aromatic rings. The number of hydrogen-bond acceptors (Lipinski definition) is 6. The Morgan fingerprint density at radius 3 is 2.17 bits per heavy atom. The van der Waals surface area contributed by atoms with Gasteiger partial charge in [-0.2, -0.15) is 0 Å². The molecule has 0 spiro atoms. The van der Waals surface area contributed by atoms with Crippen LogP contribution < -0.4 is 10.1 Å². The Bertz CT molecular complexity index is 1030. The van der Waals surface area contributed by atoms with Crippen LogP contribution in [0.3, 0.4) is 0 Å². The number of anilines is 1. The van der Waals surface area contributed by atoms with Crippen molar-refractivity contribution in [3.63, 3.8) is 0 Å². The quantitative estimate of drug-likeness (QED) is 0.482. The first-order valence-corrected chi connectivity index (χ1v) is 9.04. The van der Waals surface area contributed by atoms with Gasteiger partial charge in [-0.3, -0.25) is 5.32 Å². The summed E-state index contributed by atoms with van der Waals surface area (Å²) in [6, 6.07) is 21.8. The number of nitrogens with one attached hydrogen (secondary N) is 1. The Hall–Kier alpha value is -4.13. The van der Waals surface area contributed by atoms with Crippen LogP contribution in [0.4, 0.5) is 10.5 Å². The van der Waals surface area contributed by atoms with Crippen LogP contribution in [-0.4, -0.2) is 25.1 Å². The maximum absolute atomic E-state index is 12.4. The predicted octanol–water partition coefficient (Wildman–Crippen LogP) is 4.44. The van der Waals surface area contributed by atoms with E-state index in [1.54, 1.807) is 30.3 Å². The van der Waals surface area contributed by atoms with Crippen LogP contribution in [0.5, 0.6) is 5.75 Å². The SMILES string of the molecule is COC(=O)c1ccc(NC(=O)OCc2ccccc2)cc1OC(=O)c1ccccc1. The van der Waals surface area contributed by atoms with E-state index in [4.69, 9.17) is 14.2 Å². The summed E-state index contributed by atoms with van der Waals surface area (Å²) in [6.45, 7) is 0.1000. The zero-order chi connectivity index (χ0) is 21.3. The summed E-state index contributed by atoms with van der Waals surface area (Å²) in [4.78, 5) is 36.5. The maximum Gasteiger partial charge on any atom is 0.411 e. The fourth-order valence-electron chi connectivity index (χ4n) is 2.57. The van der Waals surface area contributed by atoms with E-state index in [2.05, 4.69) is 5.32 Å². The zero-order valence-corrected chi connectivity index (χ0v) is 16.2. The first-order chi connectivity index (χ1) is 14.6. The molecule has 0 aromatic heterocycles. The van der Waals surface area contributed by atoms with Gasteiger partial charge in [-0.05, 0) is 29.8 Å². The van der Waals surface area contributed by atoms with E-state index in [-0.39, 0.29) is 23.6 Å². The van der Waals surface area contributed by atoms with Crippen LogP contribution in [0.15, 0.2) is 78.9 Å². The monoisotopic (exact) mass is 405 g/mol.